The molecule has 1 fully saturated rings. The molecule has 1 unspecified atom stereocenters. The van der Waals surface area contributed by atoms with E-state index in [0.717, 1.165) is 0 Å². The van der Waals surface area contributed by atoms with E-state index in [-0.39, 0.29) is 6.54 Å². The minimum absolute atomic E-state index is 0.173. The molecule has 7 heteroatoms. The predicted molar refractivity (Wildman–Crippen MR) is 74.1 cm³/mol. The highest BCUT2D eigenvalue weighted by Crippen LogP contribution is 2.14. The molecular formula is C14H14N4O3. The van der Waals surface area contributed by atoms with Crippen molar-refractivity contribution < 1.29 is 14.4 Å². The Balaban J connectivity index is 2.16. The lowest BCUT2D eigenvalue weighted by Crippen LogP contribution is -2.60. The molecular weight excluding hydrogens is 272 g/mol. The zero-order valence-electron chi connectivity index (χ0n) is 11.4. The van der Waals surface area contributed by atoms with Crippen LogP contribution in [-0.4, -0.2) is 35.3 Å². The molecule has 4 amide bonds. The molecule has 1 aliphatic rings. The summed E-state index contributed by atoms with van der Waals surface area (Å²) >= 11 is 0. The quantitative estimate of drug-likeness (QED) is 0.786. The molecule has 0 radical (unpaired) electrons. The maximum atomic E-state index is 12.2. The first kappa shape index (κ1) is 14.5. The van der Waals surface area contributed by atoms with Crippen molar-refractivity contribution in [1.29, 1.82) is 5.26 Å². The molecule has 0 bridgehead atoms. The smallest absolute Gasteiger partial charge is 0.308 e. The van der Waals surface area contributed by atoms with Crippen molar-refractivity contribution in [2.75, 3.05) is 11.9 Å². The van der Waals surface area contributed by atoms with Crippen molar-refractivity contribution in [3.8, 4) is 6.07 Å². The van der Waals surface area contributed by atoms with Gasteiger partial charge in [-0.25, -0.2) is 4.79 Å². The molecule has 7 nitrogen and oxygen atoms in total. The zero-order valence-corrected chi connectivity index (χ0v) is 11.4. The number of hydrogen-bond acceptors (Lipinski definition) is 4. The monoisotopic (exact) mass is 286 g/mol. The van der Waals surface area contributed by atoms with Gasteiger partial charge in [-0.3, -0.25) is 14.9 Å². The zero-order chi connectivity index (χ0) is 15.4. The number of nitrogens with one attached hydrogen (secondary N) is 2. The van der Waals surface area contributed by atoms with Gasteiger partial charge in [-0.2, -0.15) is 5.26 Å². The molecule has 21 heavy (non-hydrogen) atoms. The van der Waals surface area contributed by atoms with Crippen molar-refractivity contribution in [3.63, 3.8) is 0 Å². The highest BCUT2D eigenvalue weighted by molar-refractivity contribution is 6.05. The maximum Gasteiger partial charge on any atom is 0.323 e. The number of amides is 4. The Labute approximate surface area is 121 Å². The van der Waals surface area contributed by atoms with Crippen LogP contribution in [0.25, 0.3) is 0 Å². The number of urea groups is 1. The lowest BCUT2D eigenvalue weighted by Gasteiger charge is -2.33. The molecule has 2 N–H and O–H groups in total. The number of carbonyl (C=O) groups is 3. The molecule has 1 heterocycles. The number of piperazine rings is 1. The molecule has 1 atom stereocenters. The Kier molecular flexibility index (Phi) is 4.18. The molecule has 108 valence electrons. The average molecular weight is 286 g/mol. The summed E-state index contributed by atoms with van der Waals surface area (Å²) in [5, 5.41) is 13.6. The Morgan fingerprint density at radius 2 is 2.29 bits per heavy atom. The molecule has 1 aromatic carbocycles. The van der Waals surface area contributed by atoms with Crippen molar-refractivity contribution in [2.24, 2.45) is 0 Å². The normalized spacial score (nSPS) is 17.9. The lowest BCUT2D eigenvalue weighted by molar-refractivity contribution is -0.138. The Morgan fingerprint density at radius 3 is 2.95 bits per heavy atom. The summed E-state index contributed by atoms with van der Waals surface area (Å²) in [6.07, 6.45) is 0.408. The Bertz CT molecular complexity index is 635. The Hall–Kier alpha value is -2.88. The van der Waals surface area contributed by atoms with E-state index >= 15 is 0 Å². The summed E-state index contributed by atoms with van der Waals surface area (Å²) in [5.74, 6) is -0.986. The number of hydrogen-bond donors (Lipinski definition) is 2. The highest BCUT2D eigenvalue weighted by atomic mass is 16.2. The standard InChI is InChI=1S/C14H14N4O3/c1-2-11-13(20)17-12(19)8-18(11)14(21)16-10-5-3-4-9(6-10)7-15/h3-6,11H,2,8H2,1H3,(H,16,21)(H,17,19,20). The first-order chi connectivity index (χ1) is 10.0. The van der Waals surface area contributed by atoms with Crippen LogP contribution in [0.5, 0.6) is 0 Å². The number of carbonyl (C=O) groups excluding carboxylic acids is 3. The van der Waals surface area contributed by atoms with Crippen molar-refractivity contribution in [1.82, 2.24) is 10.2 Å². The highest BCUT2D eigenvalue weighted by Gasteiger charge is 2.35. The third kappa shape index (κ3) is 3.17. The van der Waals surface area contributed by atoms with Gasteiger partial charge in [0.05, 0.1) is 11.6 Å². The van der Waals surface area contributed by atoms with Gasteiger partial charge in [-0.05, 0) is 24.6 Å². The second-order valence-corrected chi connectivity index (χ2v) is 4.59. The van der Waals surface area contributed by atoms with Crippen molar-refractivity contribution in [3.05, 3.63) is 29.8 Å². The first-order valence-corrected chi connectivity index (χ1v) is 6.46. The molecule has 1 aromatic rings. The van der Waals surface area contributed by atoms with Gasteiger partial charge in [-0.1, -0.05) is 13.0 Å². The van der Waals surface area contributed by atoms with Gasteiger partial charge in [0.2, 0.25) is 11.8 Å². The van der Waals surface area contributed by atoms with Crippen LogP contribution >= 0.6 is 0 Å². The predicted octanol–water partition coefficient (Wildman–Crippen LogP) is 0.827. The summed E-state index contributed by atoms with van der Waals surface area (Å²) in [7, 11) is 0. The fourth-order valence-electron chi connectivity index (χ4n) is 2.15. The molecule has 0 aromatic heterocycles. The molecule has 0 spiro atoms. The van der Waals surface area contributed by atoms with Gasteiger partial charge in [0, 0.05) is 5.69 Å². The summed E-state index contributed by atoms with van der Waals surface area (Å²) in [6, 6.07) is 7.15. The number of anilines is 1. The van der Waals surface area contributed by atoms with Gasteiger partial charge in [-0.15, -0.1) is 0 Å². The van der Waals surface area contributed by atoms with Gasteiger partial charge < -0.3 is 10.2 Å². The van der Waals surface area contributed by atoms with Crippen LogP contribution in [0.1, 0.15) is 18.9 Å². The van der Waals surface area contributed by atoms with Crippen molar-refractivity contribution >= 4 is 23.5 Å². The lowest BCUT2D eigenvalue weighted by atomic mass is 10.1. The van der Waals surface area contributed by atoms with Crippen LogP contribution in [0.3, 0.4) is 0 Å². The van der Waals surface area contributed by atoms with Gasteiger partial charge >= 0.3 is 6.03 Å². The van der Waals surface area contributed by atoms with Crippen LogP contribution in [0, 0.1) is 11.3 Å². The van der Waals surface area contributed by atoms with Crippen LogP contribution in [-0.2, 0) is 9.59 Å². The SMILES string of the molecule is CCC1C(=O)NC(=O)CN1C(=O)Nc1cccc(C#N)c1. The summed E-state index contributed by atoms with van der Waals surface area (Å²) in [5.41, 5.74) is 0.847. The number of nitriles is 1. The van der Waals surface area contributed by atoms with E-state index in [9.17, 15) is 14.4 Å². The number of benzene rings is 1. The van der Waals surface area contributed by atoms with Crippen LogP contribution < -0.4 is 10.6 Å². The average Bonchev–Trinajstić information content (AvgIpc) is 2.46. The topological polar surface area (TPSA) is 102 Å². The summed E-state index contributed by atoms with van der Waals surface area (Å²) in [6.45, 7) is 1.59. The van der Waals surface area contributed by atoms with Crippen molar-refractivity contribution in [2.45, 2.75) is 19.4 Å². The third-order valence-corrected chi connectivity index (χ3v) is 3.15. The second kappa shape index (κ2) is 6.05. The number of nitrogens with zero attached hydrogens (tertiary/aromatic N) is 2. The fourth-order valence-corrected chi connectivity index (χ4v) is 2.15. The number of imide groups is 1. The van der Waals surface area contributed by atoms with E-state index in [0.29, 0.717) is 17.7 Å². The molecule has 1 saturated heterocycles. The molecule has 0 aliphatic carbocycles. The number of rotatable bonds is 2. The van der Waals surface area contributed by atoms with Gasteiger partial charge in [0.15, 0.2) is 0 Å². The van der Waals surface area contributed by atoms with E-state index in [2.05, 4.69) is 10.6 Å². The van der Waals surface area contributed by atoms with E-state index in [4.69, 9.17) is 5.26 Å². The van der Waals surface area contributed by atoms with Crippen LogP contribution in [0.4, 0.5) is 10.5 Å². The van der Waals surface area contributed by atoms with E-state index in [1.807, 2.05) is 6.07 Å². The van der Waals surface area contributed by atoms with Crippen LogP contribution in [0.15, 0.2) is 24.3 Å². The van der Waals surface area contributed by atoms with E-state index < -0.39 is 23.9 Å². The van der Waals surface area contributed by atoms with Gasteiger partial charge in [0.1, 0.15) is 12.6 Å². The fraction of sp³-hybridized carbons (Fsp3) is 0.286. The summed E-state index contributed by atoms with van der Waals surface area (Å²) in [4.78, 5) is 36.5. The second-order valence-electron chi connectivity index (χ2n) is 4.59. The van der Waals surface area contributed by atoms with E-state index in [1.165, 1.54) is 11.0 Å². The minimum atomic E-state index is -0.679. The van der Waals surface area contributed by atoms with E-state index in [1.54, 1.807) is 25.1 Å². The minimum Gasteiger partial charge on any atom is -0.308 e. The molecule has 2 rings (SSSR count). The molecule has 1 aliphatic heterocycles. The third-order valence-electron chi connectivity index (χ3n) is 3.15. The molecule has 0 saturated carbocycles. The maximum absolute atomic E-state index is 12.2. The summed E-state index contributed by atoms with van der Waals surface area (Å²) < 4.78 is 0. The van der Waals surface area contributed by atoms with Gasteiger partial charge in [0.25, 0.3) is 0 Å². The Morgan fingerprint density at radius 1 is 1.52 bits per heavy atom. The van der Waals surface area contributed by atoms with Crippen LogP contribution in [0.2, 0.25) is 0 Å². The first-order valence-electron chi connectivity index (χ1n) is 6.46. The largest absolute Gasteiger partial charge is 0.323 e.